The Bertz CT molecular complexity index is 1120. The van der Waals surface area contributed by atoms with Gasteiger partial charge in [0.05, 0.1) is 0 Å². The van der Waals surface area contributed by atoms with Crippen molar-refractivity contribution in [3.63, 3.8) is 0 Å². The van der Waals surface area contributed by atoms with Crippen molar-refractivity contribution < 1.29 is 0 Å². The fraction of sp³-hybridized carbons (Fsp3) is 0.450. The summed E-state index contributed by atoms with van der Waals surface area (Å²) in [6, 6.07) is 0. The minimum Gasteiger partial charge on any atom is -0.0856 e. The highest BCUT2D eigenvalue weighted by molar-refractivity contribution is 5.32. The van der Waals surface area contributed by atoms with Gasteiger partial charge in [-0.05, 0) is 99.3 Å². The normalized spacial score (nSPS) is 19.9. The Morgan fingerprint density at radius 2 is 1.23 bits per heavy atom. The third-order valence-electron chi connectivity index (χ3n) is 7.55. The summed E-state index contributed by atoms with van der Waals surface area (Å²) in [4.78, 5) is 0. The molecule has 218 valence electrons. The predicted octanol–water partition coefficient (Wildman–Crippen LogP) is 12.9. The SMILES string of the molecule is CC(C)=CCC/C(C)=C\CC/C(C)=C/C=C/C(C)=C\C=C\C=C(C)\C=C\C=C(C)/C=C/C1C(C)=CCCC1(C)C. The standard InChI is InChI=1S/C40H58/c1-32(2)18-13-21-35(5)24-15-26-36(6)25-14-22-33(3)19-11-12-20-34(4)23-16-27-37(7)29-30-39-38(8)28-17-31-40(39,9)10/h11-12,14,16,18-20,22-25,27-30,39H,13,15,17,21,26,31H2,1-10H3/b12-11+,22-14+,23-16+,30-29+,33-19-,34-20+,35-24-,36-25+,37-27-. The van der Waals surface area contributed by atoms with E-state index < -0.39 is 0 Å². The van der Waals surface area contributed by atoms with Gasteiger partial charge in [0.25, 0.3) is 0 Å². The minimum absolute atomic E-state index is 0.345. The van der Waals surface area contributed by atoms with Crippen LogP contribution < -0.4 is 0 Å². The molecule has 40 heavy (non-hydrogen) atoms. The van der Waals surface area contributed by atoms with Gasteiger partial charge in [0, 0.05) is 5.92 Å². The lowest BCUT2D eigenvalue weighted by atomic mass is 9.68. The molecule has 1 rings (SSSR count). The van der Waals surface area contributed by atoms with Gasteiger partial charge in [-0.3, -0.25) is 0 Å². The molecule has 0 nitrogen and oxygen atoms in total. The number of hydrogen-bond acceptors (Lipinski definition) is 0. The molecule has 0 spiro atoms. The second-order valence-corrected chi connectivity index (χ2v) is 12.6. The Morgan fingerprint density at radius 3 is 1.82 bits per heavy atom. The van der Waals surface area contributed by atoms with Crippen LogP contribution in [0.5, 0.6) is 0 Å². The van der Waals surface area contributed by atoms with Gasteiger partial charge in [-0.25, -0.2) is 0 Å². The van der Waals surface area contributed by atoms with Crippen molar-refractivity contribution >= 4 is 0 Å². The quantitative estimate of drug-likeness (QED) is 0.152. The van der Waals surface area contributed by atoms with Gasteiger partial charge in [0.2, 0.25) is 0 Å². The first-order valence-electron chi connectivity index (χ1n) is 15.2. The van der Waals surface area contributed by atoms with E-state index >= 15 is 0 Å². The molecule has 0 aliphatic heterocycles. The summed E-state index contributed by atoms with van der Waals surface area (Å²) in [5.41, 5.74) is 9.94. The summed E-state index contributed by atoms with van der Waals surface area (Å²) >= 11 is 0. The first kappa shape index (κ1) is 35.2. The number of allylic oxidation sites excluding steroid dienone is 22. The van der Waals surface area contributed by atoms with Crippen LogP contribution >= 0.6 is 0 Å². The molecule has 0 saturated carbocycles. The lowest BCUT2D eigenvalue weighted by Crippen LogP contribution is -2.26. The van der Waals surface area contributed by atoms with Crippen molar-refractivity contribution in [1.29, 1.82) is 0 Å². The van der Waals surface area contributed by atoms with Crippen molar-refractivity contribution in [2.45, 2.75) is 108 Å². The van der Waals surface area contributed by atoms with Gasteiger partial charge in [-0.2, -0.15) is 0 Å². The monoisotopic (exact) mass is 538 g/mol. The highest BCUT2D eigenvalue weighted by Gasteiger charge is 2.30. The molecule has 0 aromatic carbocycles. The second kappa shape index (κ2) is 19.3. The molecule has 0 heteroatoms. The molecule has 0 radical (unpaired) electrons. The lowest BCUT2D eigenvalue weighted by Gasteiger charge is -2.36. The van der Waals surface area contributed by atoms with Gasteiger partial charge in [-0.1, -0.05) is 144 Å². The summed E-state index contributed by atoms with van der Waals surface area (Å²) in [6.45, 7) is 22.3. The molecule has 0 aromatic heterocycles. The Hall–Kier alpha value is -2.86. The van der Waals surface area contributed by atoms with E-state index in [9.17, 15) is 0 Å². The molecule has 1 unspecified atom stereocenters. The molecule has 1 atom stereocenters. The van der Waals surface area contributed by atoms with Crippen LogP contribution in [0.4, 0.5) is 0 Å². The molecule has 1 aliphatic rings. The average Bonchev–Trinajstić information content (AvgIpc) is 2.85. The first-order valence-corrected chi connectivity index (χ1v) is 15.2. The van der Waals surface area contributed by atoms with E-state index in [1.807, 2.05) is 0 Å². The first-order chi connectivity index (χ1) is 18.9. The van der Waals surface area contributed by atoms with Crippen molar-refractivity contribution in [3.8, 4) is 0 Å². The van der Waals surface area contributed by atoms with Crippen molar-refractivity contribution in [2.24, 2.45) is 11.3 Å². The fourth-order valence-electron chi connectivity index (χ4n) is 4.85. The van der Waals surface area contributed by atoms with E-state index in [0.29, 0.717) is 11.3 Å². The van der Waals surface area contributed by atoms with E-state index in [-0.39, 0.29) is 0 Å². The second-order valence-electron chi connectivity index (χ2n) is 12.6. The van der Waals surface area contributed by atoms with Crippen molar-refractivity contribution in [3.05, 3.63) is 130 Å². The summed E-state index contributed by atoms with van der Waals surface area (Å²) in [7, 11) is 0. The van der Waals surface area contributed by atoms with Crippen molar-refractivity contribution in [2.75, 3.05) is 0 Å². The highest BCUT2D eigenvalue weighted by Crippen LogP contribution is 2.41. The average molecular weight is 539 g/mol. The summed E-state index contributed by atoms with van der Waals surface area (Å²) in [5.74, 6) is 0.533. The molecule has 1 aliphatic carbocycles. The minimum atomic E-state index is 0.345. The smallest absolute Gasteiger partial charge is 0.00285 e. The van der Waals surface area contributed by atoms with Crippen molar-refractivity contribution in [1.82, 2.24) is 0 Å². The predicted molar refractivity (Wildman–Crippen MR) is 184 cm³/mol. The molecule has 0 fully saturated rings. The molecular formula is C40H58. The Morgan fingerprint density at radius 1 is 0.700 bits per heavy atom. The largest absolute Gasteiger partial charge is 0.0856 e. The molecule has 0 heterocycles. The Balaban J connectivity index is 2.51. The fourth-order valence-corrected chi connectivity index (χ4v) is 4.85. The van der Waals surface area contributed by atoms with E-state index in [1.54, 1.807) is 0 Å². The topological polar surface area (TPSA) is 0 Å². The molecule has 0 aromatic rings. The zero-order valence-corrected chi connectivity index (χ0v) is 27.5. The highest BCUT2D eigenvalue weighted by atomic mass is 14.3. The van der Waals surface area contributed by atoms with Crippen LogP contribution in [-0.2, 0) is 0 Å². The van der Waals surface area contributed by atoms with E-state index in [0.717, 1.165) is 19.3 Å². The zero-order chi connectivity index (χ0) is 30.0. The summed E-state index contributed by atoms with van der Waals surface area (Å²) < 4.78 is 0. The summed E-state index contributed by atoms with van der Waals surface area (Å²) in [6.07, 6.45) is 40.5. The molecular weight excluding hydrogens is 480 g/mol. The van der Waals surface area contributed by atoms with Crippen LogP contribution in [0.1, 0.15) is 108 Å². The van der Waals surface area contributed by atoms with Crippen LogP contribution in [0.25, 0.3) is 0 Å². The Labute approximate surface area is 248 Å². The van der Waals surface area contributed by atoms with Gasteiger partial charge >= 0.3 is 0 Å². The maximum atomic E-state index is 2.40. The summed E-state index contributed by atoms with van der Waals surface area (Å²) in [5, 5.41) is 0. The molecule has 0 bridgehead atoms. The zero-order valence-electron chi connectivity index (χ0n) is 27.5. The van der Waals surface area contributed by atoms with E-state index in [4.69, 9.17) is 0 Å². The van der Waals surface area contributed by atoms with Gasteiger partial charge in [0.1, 0.15) is 0 Å². The third kappa shape index (κ3) is 16.3. The Kier molecular flexibility index (Phi) is 16.9. The lowest BCUT2D eigenvalue weighted by molar-refractivity contribution is 0.255. The van der Waals surface area contributed by atoms with Crippen LogP contribution in [0.3, 0.4) is 0 Å². The maximum absolute atomic E-state index is 2.40. The van der Waals surface area contributed by atoms with E-state index in [1.165, 1.54) is 58.3 Å². The van der Waals surface area contributed by atoms with Crippen LogP contribution in [0, 0.1) is 11.3 Å². The van der Waals surface area contributed by atoms with E-state index in [2.05, 4.69) is 160 Å². The molecule has 0 amide bonds. The van der Waals surface area contributed by atoms with Gasteiger partial charge < -0.3 is 0 Å². The maximum Gasteiger partial charge on any atom is 0.00285 e. The molecule has 0 saturated heterocycles. The molecule has 0 N–H and O–H groups in total. The van der Waals surface area contributed by atoms with Crippen LogP contribution in [0.15, 0.2) is 130 Å². The number of rotatable bonds is 14. The van der Waals surface area contributed by atoms with Gasteiger partial charge in [0.15, 0.2) is 0 Å². The number of hydrogen-bond donors (Lipinski definition) is 0. The third-order valence-corrected chi connectivity index (χ3v) is 7.55. The van der Waals surface area contributed by atoms with Crippen LogP contribution in [0.2, 0.25) is 0 Å². The van der Waals surface area contributed by atoms with Crippen LogP contribution in [-0.4, -0.2) is 0 Å². The van der Waals surface area contributed by atoms with Gasteiger partial charge in [-0.15, -0.1) is 0 Å².